The zero-order valence-electron chi connectivity index (χ0n) is 34.2. The Bertz CT molecular complexity index is 1530. The molecule has 0 spiro atoms. The summed E-state index contributed by atoms with van der Waals surface area (Å²) in [5.41, 5.74) is -4.37. The first-order valence-electron chi connectivity index (χ1n) is 19.2. The summed E-state index contributed by atoms with van der Waals surface area (Å²) >= 11 is 0. The van der Waals surface area contributed by atoms with Crippen LogP contribution in [0.15, 0.2) is 24.3 Å². The maximum absolute atomic E-state index is 14.2. The number of halogens is 3. The van der Waals surface area contributed by atoms with E-state index in [-0.39, 0.29) is 36.6 Å². The molecule has 0 bridgehead atoms. The average Bonchev–Trinajstić information content (AvgIpc) is 3.41. The van der Waals surface area contributed by atoms with Gasteiger partial charge >= 0.3 is 24.4 Å². The third-order valence-corrected chi connectivity index (χ3v) is 11.6. The number of esters is 1. The highest BCUT2D eigenvalue weighted by Crippen LogP contribution is 2.40. The third-order valence-electron chi connectivity index (χ3n) is 11.6. The third kappa shape index (κ3) is 10.3. The number of likely N-dealkylation sites (N-methyl/N-ethyl adjacent to an activating group) is 2. The van der Waals surface area contributed by atoms with Gasteiger partial charge in [0, 0.05) is 30.2 Å². The molecule has 17 heteroatoms. The highest BCUT2D eigenvalue weighted by atomic mass is 19.4. The summed E-state index contributed by atoms with van der Waals surface area (Å²) in [6, 6.07) is 3.16. The molecule has 0 aliphatic carbocycles. The van der Waals surface area contributed by atoms with E-state index in [1.165, 1.54) is 13.0 Å². The van der Waals surface area contributed by atoms with Crippen LogP contribution in [0.1, 0.15) is 80.2 Å². The first-order valence-corrected chi connectivity index (χ1v) is 19.2. The van der Waals surface area contributed by atoms with Crippen LogP contribution in [0.2, 0.25) is 0 Å². The minimum atomic E-state index is -4.68. The van der Waals surface area contributed by atoms with Gasteiger partial charge in [-0.15, -0.1) is 0 Å². The second kappa shape index (κ2) is 17.7. The van der Waals surface area contributed by atoms with Gasteiger partial charge < -0.3 is 43.5 Å². The van der Waals surface area contributed by atoms with Crippen molar-refractivity contribution in [2.75, 3.05) is 33.0 Å². The zero-order valence-corrected chi connectivity index (χ0v) is 34.2. The van der Waals surface area contributed by atoms with E-state index >= 15 is 0 Å². The van der Waals surface area contributed by atoms with Crippen LogP contribution in [0.3, 0.4) is 0 Å². The lowest BCUT2D eigenvalue weighted by Crippen LogP contribution is -2.59. The molecule has 1 aromatic carbocycles. The van der Waals surface area contributed by atoms with Gasteiger partial charge in [-0.2, -0.15) is 13.2 Å². The molecule has 0 aromatic heterocycles. The van der Waals surface area contributed by atoms with Crippen molar-refractivity contribution >= 4 is 23.9 Å². The maximum Gasteiger partial charge on any atom is 0.509 e. The summed E-state index contributed by atoms with van der Waals surface area (Å²) in [7, 11) is 5.47. The normalized spacial score (nSPS) is 39.4. The molecule has 3 heterocycles. The molecule has 0 unspecified atom stereocenters. The summed E-state index contributed by atoms with van der Waals surface area (Å²) in [6.45, 7) is 14.0. The van der Waals surface area contributed by atoms with Gasteiger partial charge in [0.25, 0.3) is 0 Å². The Morgan fingerprint density at radius 2 is 1.77 bits per heavy atom. The van der Waals surface area contributed by atoms with Crippen molar-refractivity contribution < 1.29 is 66.2 Å². The predicted molar refractivity (Wildman–Crippen MR) is 197 cm³/mol. The molecule has 14 atom stereocenters. The maximum atomic E-state index is 14.2. The van der Waals surface area contributed by atoms with Crippen LogP contribution in [0.4, 0.5) is 28.4 Å². The average molecular weight is 804 g/mol. The van der Waals surface area contributed by atoms with Gasteiger partial charge in [0.15, 0.2) is 18.0 Å². The van der Waals surface area contributed by atoms with E-state index in [9.17, 15) is 37.8 Å². The number of ether oxygens (including phenoxy) is 6. The Morgan fingerprint density at radius 1 is 1.11 bits per heavy atom. The largest absolute Gasteiger partial charge is 0.509 e. The molecule has 56 heavy (non-hydrogen) atoms. The summed E-state index contributed by atoms with van der Waals surface area (Å²) in [6.07, 6.45) is -13.4. The first kappa shape index (κ1) is 45.5. The van der Waals surface area contributed by atoms with Gasteiger partial charge in [-0.05, 0) is 99.1 Å². The molecule has 3 N–H and O–H groups in total. The number of aliphatic hydroxyl groups is 2. The van der Waals surface area contributed by atoms with Gasteiger partial charge in [-0.3, -0.25) is 15.0 Å². The predicted octanol–water partition coefficient (Wildman–Crippen LogP) is 5.43. The van der Waals surface area contributed by atoms with Gasteiger partial charge in [-0.25, -0.2) is 9.59 Å². The van der Waals surface area contributed by atoms with Crippen molar-refractivity contribution in [3.63, 3.8) is 0 Å². The molecule has 3 aliphatic heterocycles. The number of carbonyl (C=O) groups is 3. The molecule has 3 saturated heterocycles. The molecule has 0 saturated carbocycles. The number of alkyl halides is 3. The van der Waals surface area contributed by atoms with Crippen molar-refractivity contribution in [3.8, 4) is 0 Å². The van der Waals surface area contributed by atoms with E-state index in [0.717, 1.165) is 18.2 Å². The van der Waals surface area contributed by atoms with Crippen molar-refractivity contribution in [1.82, 2.24) is 9.80 Å². The molecule has 1 amide bonds. The number of nitrogens with zero attached hydrogens (tertiary/aromatic N) is 2. The molecule has 14 nitrogen and oxygen atoms in total. The Labute approximate surface area is 327 Å². The molecule has 1 aromatic rings. The van der Waals surface area contributed by atoms with Crippen LogP contribution in [-0.4, -0.2) is 132 Å². The monoisotopic (exact) mass is 803 g/mol. The molecule has 0 radical (unpaired) electrons. The molecule has 318 valence electrons. The lowest BCUT2D eigenvalue weighted by molar-refractivity contribution is -0.299. The van der Waals surface area contributed by atoms with E-state index in [4.69, 9.17) is 28.4 Å². The van der Waals surface area contributed by atoms with E-state index in [0.29, 0.717) is 13.0 Å². The van der Waals surface area contributed by atoms with E-state index in [1.54, 1.807) is 27.7 Å². The van der Waals surface area contributed by atoms with Crippen molar-refractivity contribution in [3.05, 3.63) is 29.8 Å². The highest BCUT2D eigenvalue weighted by Gasteiger charge is 2.58. The molecule has 3 fully saturated rings. The standard InChI is InChI=1S/C39H60F3N3O11/c1-12-28-38(8)32(55-36(49)56-38)24(6)45(11)19-20(2)18-37(7,50)31(54-34-29(46)27(44(9)10)16-21(3)51-34)22(4)30(23(5)33(47)52-28)53-35(48)43-26-15-13-14-25(17-26)39(40,41)42/h13-15,17,20-24,27-32,34,46,50H,12,16,18-19H2,1-11H3,(H,43,48)/t20-,21-,22+,23-,24-,27+,28-,29-,30+,31-,32-,34+,37-,38-/m1/s1. The topological polar surface area (TPSA) is 166 Å². The Kier molecular flexibility index (Phi) is 14.4. The number of fused-ring (bicyclic) bond motifs is 1. The van der Waals surface area contributed by atoms with Crippen molar-refractivity contribution in [1.29, 1.82) is 0 Å². The number of amides is 1. The number of anilines is 1. The molecular formula is C39H60F3N3O11. The number of hydrogen-bond donors (Lipinski definition) is 3. The SMILES string of the molecule is CC[C@H]1OC(=O)[C@H](C)[C@@H](OC(=O)Nc2cccc(C(F)(F)F)c2)[C@H](C)[C@@H](O[C@@H]2O[C@H](C)C[C@H](N(C)C)[C@H]2O)[C@](C)(O)C[C@@H](C)CN(C)[C@H](C)[C@H]2OC(=O)O[C@@]21C. The minimum absolute atomic E-state index is 0.104. The van der Waals surface area contributed by atoms with Gasteiger partial charge in [0.05, 0.1) is 29.3 Å². The lowest BCUT2D eigenvalue weighted by atomic mass is 9.77. The molecular weight excluding hydrogens is 743 g/mol. The number of cyclic esters (lactones) is 1. The fourth-order valence-electron chi connectivity index (χ4n) is 8.59. The van der Waals surface area contributed by atoms with Crippen LogP contribution in [0.25, 0.3) is 0 Å². The number of hydrogen-bond acceptors (Lipinski definition) is 13. The lowest BCUT2D eigenvalue weighted by Gasteiger charge is -2.47. The van der Waals surface area contributed by atoms with E-state index in [1.807, 2.05) is 51.7 Å². The Balaban J connectivity index is 1.81. The van der Waals surface area contributed by atoms with Crippen LogP contribution in [-0.2, 0) is 39.4 Å². The second-order valence-corrected chi connectivity index (χ2v) is 16.6. The Hall–Kier alpha value is -3.22. The summed E-state index contributed by atoms with van der Waals surface area (Å²) in [5, 5.41) is 26.3. The quantitative estimate of drug-likeness (QED) is 0.247. The zero-order chi connectivity index (χ0) is 42.1. The number of nitrogens with one attached hydrogen (secondary N) is 1. The fourth-order valence-corrected chi connectivity index (χ4v) is 8.59. The van der Waals surface area contributed by atoms with Crippen LogP contribution < -0.4 is 5.32 Å². The van der Waals surface area contributed by atoms with Crippen molar-refractivity contribution in [2.45, 2.75) is 147 Å². The van der Waals surface area contributed by atoms with Gasteiger partial charge in [-0.1, -0.05) is 26.8 Å². The number of benzene rings is 1. The summed E-state index contributed by atoms with van der Waals surface area (Å²) in [5.74, 6) is -3.43. The number of aliphatic hydroxyl groups excluding tert-OH is 1. The van der Waals surface area contributed by atoms with Gasteiger partial charge in [0.1, 0.15) is 18.3 Å². The molecule has 4 rings (SSSR count). The second-order valence-electron chi connectivity index (χ2n) is 16.6. The van der Waals surface area contributed by atoms with Gasteiger partial charge in [0.2, 0.25) is 0 Å². The molecule has 3 aliphatic rings. The smallest absolute Gasteiger partial charge is 0.458 e. The van der Waals surface area contributed by atoms with Crippen LogP contribution in [0.5, 0.6) is 0 Å². The van der Waals surface area contributed by atoms with E-state index < -0.39 is 95.8 Å². The Morgan fingerprint density at radius 3 is 2.38 bits per heavy atom. The summed E-state index contributed by atoms with van der Waals surface area (Å²) in [4.78, 5) is 44.3. The fraction of sp³-hybridized carbons (Fsp3) is 0.769. The summed E-state index contributed by atoms with van der Waals surface area (Å²) < 4.78 is 76.6. The first-order chi connectivity index (χ1) is 25.9. The number of carbonyl (C=O) groups excluding carboxylic acids is 3. The highest BCUT2D eigenvalue weighted by molar-refractivity contribution is 5.85. The minimum Gasteiger partial charge on any atom is -0.458 e. The van der Waals surface area contributed by atoms with E-state index in [2.05, 4.69) is 5.32 Å². The van der Waals surface area contributed by atoms with Crippen LogP contribution >= 0.6 is 0 Å². The van der Waals surface area contributed by atoms with Crippen molar-refractivity contribution in [2.24, 2.45) is 17.8 Å². The number of rotatable bonds is 6. The van der Waals surface area contributed by atoms with Crippen LogP contribution in [0, 0.1) is 17.8 Å².